The number of amides is 1. The average molecular weight is 359 g/mol. The maximum atomic E-state index is 13.3. The molecule has 0 radical (unpaired) electrons. The van der Waals surface area contributed by atoms with Gasteiger partial charge in [0.05, 0.1) is 0 Å². The van der Waals surface area contributed by atoms with Crippen LogP contribution in [-0.4, -0.2) is 15.9 Å². The van der Waals surface area contributed by atoms with Gasteiger partial charge in [-0.3, -0.25) is 9.69 Å². The van der Waals surface area contributed by atoms with Crippen molar-refractivity contribution in [1.29, 1.82) is 0 Å². The monoisotopic (exact) mass is 359 g/mol. The van der Waals surface area contributed by atoms with Crippen molar-refractivity contribution in [3.05, 3.63) is 114 Å². The Morgan fingerprint density at radius 3 is 2.07 bits per heavy atom. The van der Waals surface area contributed by atoms with E-state index in [1.807, 2.05) is 48.5 Å². The van der Waals surface area contributed by atoms with Crippen molar-refractivity contribution in [2.45, 2.75) is 12.3 Å². The molecule has 0 spiro atoms. The summed E-state index contributed by atoms with van der Waals surface area (Å²) in [4.78, 5) is 14.6. The van der Waals surface area contributed by atoms with Crippen LogP contribution in [0.2, 0.25) is 0 Å². The highest BCUT2D eigenvalue weighted by molar-refractivity contribution is 6.22. The molecular formula is C23H18FNO2. The van der Waals surface area contributed by atoms with Gasteiger partial charge in [0.2, 0.25) is 0 Å². The second-order valence-corrected chi connectivity index (χ2v) is 6.53. The van der Waals surface area contributed by atoms with Gasteiger partial charge in [0.15, 0.2) is 5.72 Å². The first-order chi connectivity index (χ1) is 13.1. The molecule has 0 saturated carbocycles. The van der Waals surface area contributed by atoms with E-state index in [9.17, 15) is 14.3 Å². The fourth-order valence-corrected chi connectivity index (χ4v) is 3.36. The molecule has 1 amide bonds. The van der Waals surface area contributed by atoms with Gasteiger partial charge in [-0.1, -0.05) is 72.8 Å². The van der Waals surface area contributed by atoms with Crippen LogP contribution in [0.5, 0.6) is 0 Å². The average Bonchev–Trinajstić information content (AvgIpc) is 2.96. The molecule has 3 aromatic rings. The largest absolute Gasteiger partial charge is 0.363 e. The lowest BCUT2D eigenvalue weighted by Crippen LogP contribution is -2.43. The van der Waals surface area contributed by atoms with E-state index in [1.54, 1.807) is 30.3 Å². The van der Waals surface area contributed by atoms with Crippen LogP contribution >= 0.6 is 0 Å². The standard InChI is InChI=1S/C23H18FNO2/c24-20-13-11-18(12-14-20)21-15-23(27,19-9-5-2-6-10-19)25(22(21)26)16-17-7-3-1-4-8-17/h1-15,27H,16H2. The molecule has 0 bridgehead atoms. The van der Waals surface area contributed by atoms with Crippen molar-refractivity contribution in [3.8, 4) is 0 Å². The minimum Gasteiger partial charge on any atom is -0.363 e. The van der Waals surface area contributed by atoms with Crippen LogP contribution in [0.4, 0.5) is 4.39 Å². The van der Waals surface area contributed by atoms with Gasteiger partial charge in [0.25, 0.3) is 5.91 Å². The van der Waals surface area contributed by atoms with E-state index in [1.165, 1.54) is 17.0 Å². The molecule has 1 N–H and O–H groups in total. The minimum atomic E-state index is -1.57. The molecule has 0 saturated heterocycles. The normalized spacial score (nSPS) is 19.3. The molecule has 3 nitrogen and oxygen atoms in total. The van der Waals surface area contributed by atoms with Gasteiger partial charge in [-0.25, -0.2) is 4.39 Å². The number of benzene rings is 3. The quantitative estimate of drug-likeness (QED) is 0.762. The number of halogens is 1. The summed E-state index contributed by atoms with van der Waals surface area (Å²) in [5.41, 5.74) is 0.877. The fraction of sp³-hybridized carbons (Fsp3) is 0.0870. The van der Waals surface area contributed by atoms with Crippen molar-refractivity contribution in [2.75, 3.05) is 0 Å². The Morgan fingerprint density at radius 2 is 1.44 bits per heavy atom. The molecule has 1 aliphatic heterocycles. The van der Waals surface area contributed by atoms with Crippen LogP contribution in [-0.2, 0) is 17.1 Å². The third kappa shape index (κ3) is 3.15. The fourth-order valence-electron chi connectivity index (χ4n) is 3.36. The second-order valence-electron chi connectivity index (χ2n) is 6.53. The molecule has 0 fully saturated rings. The summed E-state index contributed by atoms with van der Waals surface area (Å²) < 4.78 is 13.3. The van der Waals surface area contributed by atoms with Crippen molar-refractivity contribution in [3.63, 3.8) is 0 Å². The number of aliphatic hydroxyl groups is 1. The van der Waals surface area contributed by atoms with Gasteiger partial charge in [-0.05, 0) is 29.3 Å². The van der Waals surface area contributed by atoms with E-state index >= 15 is 0 Å². The van der Waals surface area contributed by atoms with E-state index in [4.69, 9.17) is 0 Å². The Kier molecular flexibility index (Phi) is 4.34. The molecule has 27 heavy (non-hydrogen) atoms. The lowest BCUT2D eigenvalue weighted by Gasteiger charge is -2.33. The zero-order valence-electron chi connectivity index (χ0n) is 14.5. The van der Waals surface area contributed by atoms with E-state index in [2.05, 4.69) is 0 Å². The van der Waals surface area contributed by atoms with Gasteiger partial charge in [-0.2, -0.15) is 0 Å². The maximum Gasteiger partial charge on any atom is 0.257 e. The maximum absolute atomic E-state index is 13.3. The minimum absolute atomic E-state index is 0.256. The van der Waals surface area contributed by atoms with Crippen LogP contribution in [0.3, 0.4) is 0 Å². The van der Waals surface area contributed by atoms with E-state index in [-0.39, 0.29) is 18.3 Å². The van der Waals surface area contributed by atoms with Gasteiger partial charge >= 0.3 is 0 Å². The molecule has 1 atom stereocenters. The molecule has 134 valence electrons. The van der Waals surface area contributed by atoms with Crippen LogP contribution in [0.1, 0.15) is 16.7 Å². The number of hydrogen-bond acceptors (Lipinski definition) is 2. The van der Waals surface area contributed by atoms with E-state index in [0.29, 0.717) is 16.7 Å². The number of nitrogens with zero attached hydrogens (tertiary/aromatic N) is 1. The molecule has 1 heterocycles. The summed E-state index contributed by atoms with van der Waals surface area (Å²) in [6.07, 6.45) is 1.56. The lowest BCUT2D eigenvalue weighted by molar-refractivity contribution is -0.143. The molecule has 1 aliphatic rings. The van der Waals surface area contributed by atoms with Crippen LogP contribution < -0.4 is 0 Å². The SMILES string of the molecule is O=C1C(c2ccc(F)cc2)=CC(O)(c2ccccc2)N1Cc1ccccc1. The topological polar surface area (TPSA) is 40.5 Å². The Hall–Kier alpha value is -3.24. The number of hydrogen-bond donors (Lipinski definition) is 1. The van der Waals surface area contributed by atoms with Crippen molar-refractivity contribution in [1.82, 2.24) is 4.90 Å². The van der Waals surface area contributed by atoms with Gasteiger partial charge in [-0.15, -0.1) is 0 Å². The first-order valence-electron chi connectivity index (χ1n) is 8.70. The Labute approximate surface area is 157 Å². The molecule has 0 aliphatic carbocycles. The molecule has 3 aromatic carbocycles. The van der Waals surface area contributed by atoms with Crippen LogP contribution in [0.15, 0.2) is 91.0 Å². The molecular weight excluding hydrogens is 341 g/mol. The number of carbonyl (C=O) groups is 1. The predicted molar refractivity (Wildman–Crippen MR) is 102 cm³/mol. The lowest BCUT2D eigenvalue weighted by atomic mass is 10.00. The smallest absolute Gasteiger partial charge is 0.257 e. The van der Waals surface area contributed by atoms with Gasteiger partial charge < -0.3 is 5.11 Å². The highest BCUT2D eigenvalue weighted by atomic mass is 19.1. The third-order valence-electron chi connectivity index (χ3n) is 4.77. The molecule has 1 unspecified atom stereocenters. The van der Waals surface area contributed by atoms with E-state index in [0.717, 1.165) is 5.56 Å². The number of rotatable bonds is 4. The predicted octanol–water partition coefficient (Wildman–Crippen LogP) is 4.10. The summed E-state index contributed by atoms with van der Waals surface area (Å²) in [5, 5.41) is 11.5. The summed E-state index contributed by atoms with van der Waals surface area (Å²) in [6.45, 7) is 0.256. The van der Waals surface area contributed by atoms with Crippen molar-refractivity contribution >= 4 is 11.5 Å². The van der Waals surface area contributed by atoms with E-state index < -0.39 is 5.72 Å². The van der Waals surface area contributed by atoms with Gasteiger partial charge in [0, 0.05) is 17.7 Å². The first kappa shape index (κ1) is 17.2. The molecule has 4 heteroatoms. The third-order valence-corrected chi connectivity index (χ3v) is 4.77. The van der Waals surface area contributed by atoms with Crippen LogP contribution in [0, 0.1) is 5.82 Å². The zero-order valence-corrected chi connectivity index (χ0v) is 14.5. The second kappa shape index (κ2) is 6.82. The summed E-state index contributed by atoms with van der Waals surface area (Å²) >= 11 is 0. The summed E-state index contributed by atoms with van der Waals surface area (Å²) in [7, 11) is 0. The van der Waals surface area contributed by atoms with Crippen molar-refractivity contribution < 1.29 is 14.3 Å². The summed E-state index contributed by atoms with van der Waals surface area (Å²) in [5.74, 6) is -0.666. The number of carbonyl (C=O) groups excluding carboxylic acids is 1. The Bertz CT molecular complexity index is 984. The van der Waals surface area contributed by atoms with Crippen molar-refractivity contribution in [2.24, 2.45) is 0 Å². The van der Waals surface area contributed by atoms with Crippen LogP contribution in [0.25, 0.3) is 5.57 Å². The molecule has 0 aromatic heterocycles. The zero-order chi connectivity index (χ0) is 18.9. The Morgan fingerprint density at radius 1 is 0.852 bits per heavy atom. The molecule has 4 rings (SSSR count). The Balaban J connectivity index is 1.80. The highest BCUT2D eigenvalue weighted by Gasteiger charge is 2.45. The first-order valence-corrected chi connectivity index (χ1v) is 8.70. The summed E-state index contributed by atoms with van der Waals surface area (Å²) in [6, 6.07) is 24.3. The van der Waals surface area contributed by atoms with Gasteiger partial charge in [0.1, 0.15) is 5.82 Å². The highest BCUT2D eigenvalue weighted by Crippen LogP contribution is 2.40.